The summed E-state index contributed by atoms with van der Waals surface area (Å²) in [5.74, 6) is -0.877. The molecule has 1 amide bonds. The number of aromatic nitrogens is 2. The highest BCUT2D eigenvalue weighted by atomic mass is 32.1. The molecule has 0 aliphatic heterocycles. The van der Waals surface area contributed by atoms with E-state index in [0.29, 0.717) is 10.2 Å². The number of thiophene rings is 1. The van der Waals surface area contributed by atoms with Gasteiger partial charge in [-0.05, 0) is 29.5 Å². The molecule has 0 unspecified atom stereocenters. The first kappa shape index (κ1) is 18.8. The largest absolute Gasteiger partial charge is 0.468 e. The predicted molar refractivity (Wildman–Crippen MR) is 102 cm³/mol. The molecular formula is C19H19N3O4S. The van der Waals surface area contributed by atoms with E-state index < -0.39 is 5.97 Å². The van der Waals surface area contributed by atoms with Gasteiger partial charge in [0.1, 0.15) is 17.9 Å². The van der Waals surface area contributed by atoms with E-state index in [0.717, 1.165) is 11.1 Å². The fraction of sp³-hybridized carbons (Fsp3) is 0.263. The molecule has 0 saturated carbocycles. The molecule has 1 aromatic carbocycles. The summed E-state index contributed by atoms with van der Waals surface area (Å²) < 4.78 is 5.97. The molecule has 2 heterocycles. The fourth-order valence-corrected chi connectivity index (χ4v) is 3.42. The van der Waals surface area contributed by atoms with Crippen LogP contribution in [0.3, 0.4) is 0 Å². The molecule has 0 atom stereocenters. The Morgan fingerprint density at radius 3 is 2.78 bits per heavy atom. The zero-order chi connectivity index (χ0) is 19.4. The van der Waals surface area contributed by atoms with Gasteiger partial charge in [0.15, 0.2) is 0 Å². The number of methoxy groups -OCH3 is 1. The molecule has 0 spiro atoms. The van der Waals surface area contributed by atoms with E-state index in [1.807, 2.05) is 31.2 Å². The highest BCUT2D eigenvalue weighted by Gasteiger charge is 2.20. The van der Waals surface area contributed by atoms with Gasteiger partial charge in [-0.15, -0.1) is 11.3 Å². The third-order valence-electron chi connectivity index (χ3n) is 4.28. The van der Waals surface area contributed by atoms with Crippen molar-refractivity contribution >= 4 is 33.4 Å². The van der Waals surface area contributed by atoms with E-state index in [1.54, 1.807) is 11.4 Å². The standard InChI is InChI=1S/C19H19N3O4S/c1-13-5-3-4-6-14(13)9-21(11-17(24)26-2)16(23)10-22-12-20-18-15(19(22)25)7-8-27-18/h3-8,12H,9-11H2,1-2H3. The van der Waals surface area contributed by atoms with Gasteiger partial charge in [0.05, 0.1) is 18.8 Å². The van der Waals surface area contributed by atoms with Crippen molar-refractivity contribution in [3.63, 3.8) is 0 Å². The van der Waals surface area contributed by atoms with Crippen LogP contribution in [-0.4, -0.2) is 40.0 Å². The first-order valence-electron chi connectivity index (χ1n) is 8.31. The van der Waals surface area contributed by atoms with Crippen molar-refractivity contribution < 1.29 is 14.3 Å². The quantitative estimate of drug-likeness (QED) is 0.606. The maximum atomic E-state index is 12.8. The van der Waals surface area contributed by atoms with E-state index in [-0.39, 0.29) is 31.1 Å². The van der Waals surface area contributed by atoms with E-state index in [4.69, 9.17) is 4.74 Å². The van der Waals surface area contributed by atoms with Crippen LogP contribution in [0.5, 0.6) is 0 Å². The average molecular weight is 385 g/mol. The molecule has 0 N–H and O–H groups in total. The van der Waals surface area contributed by atoms with Gasteiger partial charge in [-0.2, -0.15) is 0 Å². The highest BCUT2D eigenvalue weighted by molar-refractivity contribution is 7.16. The number of esters is 1. The number of carbonyl (C=O) groups is 2. The molecule has 7 nitrogen and oxygen atoms in total. The maximum absolute atomic E-state index is 12.8. The second kappa shape index (κ2) is 8.13. The van der Waals surface area contributed by atoms with Gasteiger partial charge in [0, 0.05) is 6.54 Å². The van der Waals surface area contributed by atoms with Crippen molar-refractivity contribution in [2.24, 2.45) is 0 Å². The number of nitrogens with zero attached hydrogens (tertiary/aromatic N) is 3. The summed E-state index contributed by atoms with van der Waals surface area (Å²) in [4.78, 5) is 43.3. The number of ether oxygens (including phenoxy) is 1. The lowest BCUT2D eigenvalue weighted by molar-refractivity contribution is -0.147. The first-order chi connectivity index (χ1) is 13.0. The van der Waals surface area contributed by atoms with Crippen LogP contribution in [0.25, 0.3) is 10.2 Å². The summed E-state index contributed by atoms with van der Waals surface area (Å²) in [6.07, 6.45) is 1.36. The zero-order valence-corrected chi connectivity index (χ0v) is 15.9. The molecule has 0 bridgehead atoms. The molecule has 3 rings (SSSR count). The van der Waals surface area contributed by atoms with Gasteiger partial charge < -0.3 is 9.64 Å². The van der Waals surface area contributed by atoms with Crippen LogP contribution in [0.15, 0.2) is 46.8 Å². The number of aryl methyl sites for hydroxylation is 1. The van der Waals surface area contributed by atoms with Crippen molar-refractivity contribution in [3.05, 3.63) is 63.5 Å². The van der Waals surface area contributed by atoms with Gasteiger partial charge in [-0.1, -0.05) is 24.3 Å². The molecule has 0 aliphatic rings. The van der Waals surface area contributed by atoms with E-state index >= 15 is 0 Å². The number of rotatable bonds is 6. The second-order valence-electron chi connectivity index (χ2n) is 6.07. The van der Waals surface area contributed by atoms with Gasteiger partial charge in [0.2, 0.25) is 5.91 Å². The third-order valence-corrected chi connectivity index (χ3v) is 5.10. The van der Waals surface area contributed by atoms with Crippen molar-refractivity contribution in [2.45, 2.75) is 20.0 Å². The van der Waals surface area contributed by atoms with Crippen molar-refractivity contribution in [1.82, 2.24) is 14.5 Å². The smallest absolute Gasteiger partial charge is 0.325 e. The second-order valence-corrected chi connectivity index (χ2v) is 6.96. The normalized spacial score (nSPS) is 10.7. The Kier molecular flexibility index (Phi) is 5.66. The van der Waals surface area contributed by atoms with Crippen molar-refractivity contribution in [3.8, 4) is 0 Å². The lowest BCUT2D eigenvalue weighted by Crippen LogP contribution is -2.39. The van der Waals surface area contributed by atoms with E-state index in [1.165, 1.54) is 34.2 Å². The molecule has 3 aromatic rings. The minimum absolute atomic E-state index is 0.188. The number of benzene rings is 1. The summed E-state index contributed by atoms with van der Waals surface area (Å²) in [5, 5.41) is 2.26. The molecular weight excluding hydrogens is 366 g/mol. The Labute approximate surface area is 159 Å². The van der Waals surface area contributed by atoms with Crippen molar-refractivity contribution in [2.75, 3.05) is 13.7 Å². The Morgan fingerprint density at radius 2 is 2.04 bits per heavy atom. The van der Waals surface area contributed by atoms with Crippen LogP contribution in [0.2, 0.25) is 0 Å². The number of carbonyl (C=O) groups excluding carboxylic acids is 2. The molecule has 0 fully saturated rings. The monoisotopic (exact) mass is 385 g/mol. The Hall–Kier alpha value is -3.00. The molecule has 0 aliphatic carbocycles. The topological polar surface area (TPSA) is 81.5 Å². The predicted octanol–water partition coefficient (Wildman–Crippen LogP) is 1.97. The minimum Gasteiger partial charge on any atom is -0.468 e. The van der Waals surface area contributed by atoms with Crippen LogP contribution in [-0.2, 0) is 27.4 Å². The maximum Gasteiger partial charge on any atom is 0.325 e. The summed E-state index contributed by atoms with van der Waals surface area (Å²) in [6.45, 7) is 1.81. The van der Waals surface area contributed by atoms with Gasteiger partial charge in [-0.3, -0.25) is 19.0 Å². The Morgan fingerprint density at radius 1 is 1.26 bits per heavy atom. The van der Waals surface area contributed by atoms with Gasteiger partial charge in [-0.25, -0.2) is 4.98 Å². The van der Waals surface area contributed by atoms with Crippen LogP contribution in [0.1, 0.15) is 11.1 Å². The average Bonchev–Trinajstić information content (AvgIpc) is 3.14. The number of amides is 1. The fourth-order valence-electron chi connectivity index (χ4n) is 2.70. The minimum atomic E-state index is -0.518. The lowest BCUT2D eigenvalue weighted by Gasteiger charge is -2.23. The van der Waals surface area contributed by atoms with E-state index in [2.05, 4.69) is 4.98 Å². The first-order valence-corrected chi connectivity index (χ1v) is 9.19. The van der Waals surface area contributed by atoms with E-state index in [9.17, 15) is 14.4 Å². The Bertz CT molecular complexity index is 1040. The third kappa shape index (κ3) is 4.22. The highest BCUT2D eigenvalue weighted by Crippen LogP contribution is 2.14. The van der Waals surface area contributed by atoms with Crippen LogP contribution in [0.4, 0.5) is 0 Å². The molecule has 0 radical (unpaired) electrons. The molecule has 140 valence electrons. The van der Waals surface area contributed by atoms with Crippen molar-refractivity contribution in [1.29, 1.82) is 0 Å². The molecule has 0 saturated heterocycles. The molecule has 2 aromatic heterocycles. The molecule has 27 heavy (non-hydrogen) atoms. The number of hydrogen-bond acceptors (Lipinski definition) is 6. The summed E-state index contributed by atoms with van der Waals surface area (Å²) >= 11 is 1.37. The Balaban J connectivity index is 1.85. The van der Waals surface area contributed by atoms with Crippen LogP contribution in [0, 0.1) is 6.92 Å². The van der Waals surface area contributed by atoms with Gasteiger partial charge >= 0.3 is 5.97 Å². The van der Waals surface area contributed by atoms with Gasteiger partial charge in [0.25, 0.3) is 5.56 Å². The van der Waals surface area contributed by atoms with Crippen LogP contribution < -0.4 is 5.56 Å². The SMILES string of the molecule is COC(=O)CN(Cc1ccccc1C)C(=O)Cn1cnc2sccc2c1=O. The summed E-state index contributed by atoms with van der Waals surface area (Å²) in [6, 6.07) is 9.32. The lowest BCUT2D eigenvalue weighted by atomic mass is 10.1. The summed E-state index contributed by atoms with van der Waals surface area (Å²) in [5.41, 5.74) is 1.66. The number of hydrogen-bond donors (Lipinski definition) is 0. The zero-order valence-electron chi connectivity index (χ0n) is 15.0. The summed E-state index contributed by atoms with van der Waals surface area (Å²) in [7, 11) is 1.28. The molecule has 8 heteroatoms. The number of fused-ring (bicyclic) bond motifs is 1. The van der Waals surface area contributed by atoms with Crippen LogP contribution >= 0.6 is 11.3 Å².